The smallest absolute Gasteiger partial charge is 0.159 e. The third-order valence-electron chi connectivity index (χ3n) is 12.0. The van der Waals surface area contributed by atoms with Crippen LogP contribution in [-0.2, 0) is 5.41 Å². The highest BCUT2D eigenvalue weighted by Crippen LogP contribution is 2.56. The summed E-state index contributed by atoms with van der Waals surface area (Å²) in [6.07, 6.45) is 0. The summed E-state index contributed by atoms with van der Waals surface area (Å²) >= 11 is 0. The molecule has 0 bridgehead atoms. The van der Waals surface area contributed by atoms with Crippen molar-refractivity contribution < 1.29 is 4.74 Å². The standard InChI is InChI=1S/C55H40N2O/c1-55(2)48-26-13-12-22-43(48)44-33-32-42(36-49(44)55)57(41-30-28-38(29-31-41)37-16-6-3-7-17-37)50-34-35-52-53-45(23-14-25-47(50)53)46-24-15-27-51(54(46)58-52)56(39-18-8-4-9-19-39)40-20-10-5-11-21-40/h3-36H,1-2H3. The summed E-state index contributed by atoms with van der Waals surface area (Å²) in [7, 11) is 0. The van der Waals surface area contributed by atoms with E-state index in [0.29, 0.717) is 0 Å². The van der Waals surface area contributed by atoms with Crippen LogP contribution in [0.1, 0.15) is 25.0 Å². The van der Waals surface area contributed by atoms with Crippen molar-refractivity contribution in [1.29, 1.82) is 0 Å². The van der Waals surface area contributed by atoms with Gasteiger partial charge in [0.25, 0.3) is 0 Å². The number of fused-ring (bicyclic) bond motifs is 5. The second-order valence-corrected chi connectivity index (χ2v) is 15.7. The molecule has 9 aromatic carbocycles. The van der Waals surface area contributed by atoms with E-state index in [0.717, 1.165) is 67.5 Å². The van der Waals surface area contributed by atoms with Crippen molar-refractivity contribution in [2.24, 2.45) is 0 Å². The Balaban J connectivity index is 1.09. The molecule has 0 spiro atoms. The minimum atomic E-state index is -0.132. The number of benzene rings is 9. The molecule has 0 N–H and O–H groups in total. The molecule has 58 heavy (non-hydrogen) atoms. The van der Waals surface area contributed by atoms with Crippen LogP contribution in [0.25, 0.3) is 44.2 Å². The molecule has 0 aromatic heterocycles. The monoisotopic (exact) mass is 744 g/mol. The van der Waals surface area contributed by atoms with Gasteiger partial charge in [0.15, 0.2) is 5.75 Å². The molecule has 0 amide bonds. The lowest BCUT2D eigenvalue weighted by atomic mass is 9.82. The first-order valence-corrected chi connectivity index (χ1v) is 20.0. The Bertz CT molecular complexity index is 2950. The van der Waals surface area contributed by atoms with Crippen LogP contribution in [0.3, 0.4) is 0 Å². The number of hydrogen-bond acceptors (Lipinski definition) is 3. The molecular weight excluding hydrogens is 705 g/mol. The summed E-state index contributed by atoms with van der Waals surface area (Å²) in [6.45, 7) is 4.70. The molecule has 276 valence electrons. The van der Waals surface area contributed by atoms with E-state index in [1.54, 1.807) is 0 Å². The van der Waals surface area contributed by atoms with Crippen LogP contribution in [-0.4, -0.2) is 0 Å². The van der Waals surface area contributed by atoms with Crippen LogP contribution in [0, 0.1) is 0 Å². The molecule has 9 aromatic rings. The first-order chi connectivity index (χ1) is 28.5. The molecule has 0 unspecified atom stereocenters. The Morgan fingerprint density at radius 2 is 0.931 bits per heavy atom. The number of anilines is 6. The fourth-order valence-corrected chi connectivity index (χ4v) is 9.27. The molecule has 0 saturated heterocycles. The van der Waals surface area contributed by atoms with E-state index in [9.17, 15) is 0 Å². The lowest BCUT2D eigenvalue weighted by Crippen LogP contribution is -2.17. The molecule has 3 nitrogen and oxygen atoms in total. The molecule has 1 aliphatic carbocycles. The van der Waals surface area contributed by atoms with Gasteiger partial charge in [-0.15, -0.1) is 0 Å². The van der Waals surface area contributed by atoms with E-state index >= 15 is 0 Å². The fourth-order valence-electron chi connectivity index (χ4n) is 9.27. The highest BCUT2D eigenvalue weighted by molar-refractivity contribution is 6.11. The van der Waals surface area contributed by atoms with Crippen LogP contribution in [0.15, 0.2) is 206 Å². The summed E-state index contributed by atoms with van der Waals surface area (Å²) in [5.41, 5.74) is 16.3. The maximum atomic E-state index is 7.08. The van der Waals surface area contributed by atoms with Gasteiger partial charge < -0.3 is 14.5 Å². The van der Waals surface area contributed by atoms with Crippen LogP contribution in [0.4, 0.5) is 34.1 Å². The first kappa shape index (κ1) is 33.9. The van der Waals surface area contributed by atoms with Crippen molar-refractivity contribution in [3.05, 3.63) is 217 Å². The maximum Gasteiger partial charge on any atom is 0.159 e. The average Bonchev–Trinajstić information content (AvgIpc) is 3.51. The Kier molecular flexibility index (Phi) is 7.84. The Labute approximate surface area is 339 Å². The molecule has 3 heteroatoms. The number of rotatable bonds is 7. The molecule has 0 saturated carbocycles. The summed E-state index contributed by atoms with van der Waals surface area (Å²) in [6, 6.07) is 74.1. The van der Waals surface area contributed by atoms with Crippen molar-refractivity contribution in [3.8, 4) is 44.9 Å². The lowest BCUT2D eigenvalue weighted by Gasteiger charge is -2.32. The van der Waals surface area contributed by atoms with Gasteiger partial charge in [-0.05, 0) is 106 Å². The maximum absolute atomic E-state index is 7.08. The summed E-state index contributed by atoms with van der Waals surface area (Å²) in [5.74, 6) is 1.69. The van der Waals surface area contributed by atoms with E-state index in [-0.39, 0.29) is 5.41 Å². The van der Waals surface area contributed by atoms with Crippen LogP contribution >= 0.6 is 0 Å². The number of ether oxygens (including phenoxy) is 1. The Morgan fingerprint density at radius 3 is 1.67 bits per heavy atom. The van der Waals surface area contributed by atoms with Crippen molar-refractivity contribution in [3.63, 3.8) is 0 Å². The molecule has 0 atom stereocenters. The highest BCUT2D eigenvalue weighted by Gasteiger charge is 2.36. The second-order valence-electron chi connectivity index (χ2n) is 15.7. The van der Waals surface area contributed by atoms with Gasteiger partial charge in [-0.1, -0.05) is 153 Å². The number of hydrogen-bond donors (Lipinski definition) is 0. The van der Waals surface area contributed by atoms with E-state index in [1.165, 1.54) is 33.4 Å². The summed E-state index contributed by atoms with van der Waals surface area (Å²) in [5, 5.41) is 2.24. The van der Waals surface area contributed by atoms with Crippen LogP contribution in [0.2, 0.25) is 0 Å². The summed E-state index contributed by atoms with van der Waals surface area (Å²) in [4.78, 5) is 4.71. The molecule has 11 rings (SSSR count). The van der Waals surface area contributed by atoms with Crippen molar-refractivity contribution in [2.45, 2.75) is 19.3 Å². The predicted octanol–water partition coefficient (Wildman–Crippen LogP) is 15.5. The van der Waals surface area contributed by atoms with Gasteiger partial charge in [0.2, 0.25) is 0 Å². The highest BCUT2D eigenvalue weighted by atomic mass is 16.5. The molecule has 0 fully saturated rings. The van der Waals surface area contributed by atoms with E-state index < -0.39 is 0 Å². The predicted molar refractivity (Wildman–Crippen MR) is 242 cm³/mol. The molecule has 1 aliphatic heterocycles. The molecule has 1 heterocycles. The van der Waals surface area contributed by atoms with Gasteiger partial charge >= 0.3 is 0 Å². The van der Waals surface area contributed by atoms with E-state index in [4.69, 9.17) is 4.74 Å². The van der Waals surface area contributed by atoms with Crippen molar-refractivity contribution in [2.75, 3.05) is 9.80 Å². The average molecular weight is 745 g/mol. The fraction of sp³-hybridized carbons (Fsp3) is 0.0545. The lowest BCUT2D eigenvalue weighted by molar-refractivity contribution is 0.488. The van der Waals surface area contributed by atoms with Gasteiger partial charge in [0.1, 0.15) is 5.75 Å². The molecular formula is C55H40N2O. The zero-order chi connectivity index (χ0) is 38.8. The Hall–Kier alpha value is -7.36. The second kappa shape index (κ2) is 13.4. The van der Waals surface area contributed by atoms with E-state index in [1.807, 2.05) is 0 Å². The Morgan fingerprint density at radius 1 is 0.379 bits per heavy atom. The topological polar surface area (TPSA) is 15.7 Å². The minimum Gasteiger partial charge on any atom is -0.454 e. The van der Waals surface area contributed by atoms with Gasteiger partial charge in [-0.25, -0.2) is 0 Å². The minimum absolute atomic E-state index is 0.132. The molecule has 0 radical (unpaired) electrons. The zero-order valence-corrected chi connectivity index (χ0v) is 32.4. The normalized spacial score (nSPS) is 12.9. The quantitative estimate of drug-likeness (QED) is 0.162. The van der Waals surface area contributed by atoms with Crippen molar-refractivity contribution >= 4 is 44.9 Å². The van der Waals surface area contributed by atoms with Crippen LogP contribution in [0.5, 0.6) is 11.5 Å². The third kappa shape index (κ3) is 5.35. The first-order valence-electron chi connectivity index (χ1n) is 20.0. The largest absolute Gasteiger partial charge is 0.454 e. The SMILES string of the molecule is CC1(C)c2ccccc2-c2ccc(N(c3ccc(-c4ccccc4)cc3)c3ccc4c5c(cccc35)-c3cccc(N(c5ccccc5)c5ccccc5)c3O4)cc21. The zero-order valence-electron chi connectivity index (χ0n) is 32.4. The number of nitrogens with zero attached hydrogens (tertiary/aromatic N) is 2. The van der Waals surface area contributed by atoms with Gasteiger partial charge in [-0.2, -0.15) is 0 Å². The van der Waals surface area contributed by atoms with Crippen LogP contribution < -0.4 is 14.5 Å². The molecule has 2 aliphatic rings. The van der Waals surface area contributed by atoms with Gasteiger partial charge in [0.05, 0.1) is 11.4 Å². The van der Waals surface area contributed by atoms with Crippen molar-refractivity contribution in [1.82, 2.24) is 0 Å². The summed E-state index contributed by atoms with van der Waals surface area (Å²) < 4.78 is 7.08. The van der Waals surface area contributed by atoms with Gasteiger partial charge in [0, 0.05) is 44.5 Å². The van der Waals surface area contributed by atoms with E-state index in [2.05, 4.69) is 230 Å². The third-order valence-corrected chi connectivity index (χ3v) is 12.0. The number of para-hydroxylation sites is 3. The van der Waals surface area contributed by atoms with Gasteiger partial charge in [-0.3, -0.25) is 0 Å².